The van der Waals surface area contributed by atoms with Gasteiger partial charge >= 0.3 is 0 Å². The van der Waals surface area contributed by atoms with E-state index in [-0.39, 0.29) is 27.6 Å². The molecule has 2 aromatic heterocycles. The zero-order chi connectivity index (χ0) is 15.9. The first-order valence-corrected chi connectivity index (χ1v) is 6.45. The number of nitrogens with zero attached hydrogens (tertiary/aromatic N) is 3. The fourth-order valence-electron chi connectivity index (χ4n) is 2.01. The highest BCUT2D eigenvalue weighted by molar-refractivity contribution is 6.28. The van der Waals surface area contributed by atoms with E-state index in [4.69, 9.17) is 21.6 Å². The van der Waals surface area contributed by atoms with Gasteiger partial charge in [-0.05, 0) is 24.6 Å². The SMILES string of the molecule is Cc1cc2c(F)c(Oc3nc(Cl)ncc3C#N)cc(F)c2[nH]1. The molecule has 5 nitrogen and oxygen atoms in total. The van der Waals surface area contributed by atoms with Crippen molar-refractivity contribution in [3.63, 3.8) is 0 Å². The van der Waals surface area contributed by atoms with E-state index in [2.05, 4.69) is 15.0 Å². The molecular formula is C14H7ClF2N4O. The fourth-order valence-corrected chi connectivity index (χ4v) is 2.14. The lowest BCUT2D eigenvalue weighted by molar-refractivity contribution is 0.424. The molecule has 22 heavy (non-hydrogen) atoms. The number of halogens is 3. The Morgan fingerprint density at radius 3 is 2.86 bits per heavy atom. The van der Waals surface area contributed by atoms with Crippen molar-refractivity contribution in [1.29, 1.82) is 5.26 Å². The van der Waals surface area contributed by atoms with Gasteiger partial charge in [-0.15, -0.1) is 0 Å². The maximum absolute atomic E-state index is 14.4. The van der Waals surface area contributed by atoms with Crippen LogP contribution in [0, 0.1) is 29.9 Å². The van der Waals surface area contributed by atoms with Crippen LogP contribution in [-0.4, -0.2) is 15.0 Å². The Hall–Kier alpha value is -2.72. The summed E-state index contributed by atoms with van der Waals surface area (Å²) < 4.78 is 33.6. The molecule has 8 heteroatoms. The molecule has 0 saturated heterocycles. The molecule has 1 N–H and O–H groups in total. The van der Waals surface area contributed by atoms with Gasteiger partial charge < -0.3 is 9.72 Å². The highest BCUT2D eigenvalue weighted by Crippen LogP contribution is 2.33. The molecule has 0 amide bonds. The Bertz CT molecular complexity index is 933. The summed E-state index contributed by atoms with van der Waals surface area (Å²) >= 11 is 5.63. The largest absolute Gasteiger partial charge is 0.434 e. The first-order chi connectivity index (χ1) is 10.5. The van der Waals surface area contributed by atoms with E-state index < -0.39 is 17.4 Å². The number of aryl methyl sites for hydroxylation is 1. The second kappa shape index (κ2) is 5.24. The summed E-state index contributed by atoms with van der Waals surface area (Å²) in [5, 5.41) is 8.84. The summed E-state index contributed by atoms with van der Waals surface area (Å²) in [6.07, 6.45) is 1.14. The number of hydrogen-bond acceptors (Lipinski definition) is 4. The summed E-state index contributed by atoms with van der Waals surface area (Å²) in [6, 6.07) is 4.12. The zero-order valence-electron chi connectivity index (χ0n) is 11.1. The number of hydrogen-bond donors (Lipinski definition) is 1. The van der Waals surface area contributed by atoms with Gasteiger partial charge in [-0.25, -0.2) is 13.8 Å². The van der Waals surface area contributed by atoms with Gasteiger partial charge in [0.15, 0.2) is 17.4 Å². The third kappa shape index (κ3) is 2.34. The summed E-state index contributed by atoms with van der Waals surface area (Å²) in [4.78, 5) is 10.1. The molecule has 0 saturated carbocycles. The molecule has 1 aromatic carbocycles. The minimum atomic E-state index is -0.764. The molecule has 0 spiro atoms. The minimum absolute atomic E-state index is 0.0450. The number of rotatable bonds is 2. The van der Waals surface area contributed by atoms with E-state index in [0.717, 1.165) is 12.3 Å². The van der Waals surface area contributed by atoms with Crippen molar-refractivity contribution in [3.8, 4) is 17.7 Å². The smallest absolute Gasteiger partial charge is 0.241 e. The van der Waals surface area contributed by atoms with Crippen LogP contribution in [0.4, 0.5) is 8.78 Å². The number of benzene rings is 1. The van der Waals surface area contributed by atoms with Crippen molar-refractivity contribution in [3.05, 3.63) is 46.5 Å². The highest BCUT2D eigenvalue weighted by Gasteiger charge is 2.18. The number of aromatic nitrogens is 3. The summed E-state index contributed by atoms with van der Waals surface area (Å²) in [6.45, 7) is 1.68. The van der Waals surface area contributed by atoms with E-state index in [1.54, 1.807) is 13.0 Å². The molecule has 0 unspecified atom stereocenters. The lowest BCUT2D eigenvalue weighted by Crippen LogP contribution is -1.97. The van der Waals surface area contributed by atoms with Crippen LogP contribution in [0.1, 0.15) is 11.3 Å². The molecule has 0 aliphatic heterocycles. The summed E-state index contributed by atoms with van der Waals surface area (Å²) in [5.74, 6) is -2.08. The van der Waals surface area contributed by atoms with Crippen LogP contribution < -0.4 is 4.74 Å². The Balaban J connectivity index is 2.14. The fraction of sp³-hybridized carbons (Fsp3) is 0.0714. The Morgan fingerprint density at radius 2 is 2.14 bits per heavy atom. The number of nitriles is 1. The number of aromatic amines is 1. The average molecular weight is 321 g/mol. The van der Waals surface area contributed by atoms with Gasteiger partial charge in [-0.3, -0.25) is 0 Å². The number of fused-ring (bicyclic) bond motifs is 1. The Kier molecular flexibility index (Phi) is 3.39. The third-order valence-electron chi connectivity index (χ3n) is 2.95. The predicted molar refractivity (Wildman–Crippen MR) is 74.8 cm³/mol. The third-order valence-corrected chi connectivity index (χ3v) is 3.14. The topological polar surface area (TPSA) is 74.6 Å². The van der Waals surface area contributed by atoms with E-state index in [9.17, 15) is 8.78 Å². The highest BCUT2D eigenvalue weighted by atomic mass is 35.5. The van der Waals surface area contributed by atoms with E-state index >= 15 is 0 Å². The maximum Gasteiger partial charge on any atom is 0.241 e. The van der Waals surface area contributed by atoms with Crippen molar-refractivity contribution >= 4 is 22.5 Å². The quantitative estimate of drug-likeness (QED) is 0.727. The van der Waals surface area contributed by atoms with Crippen LogP contribution in [0.25, 0.3) is 10.9 Å². The molecule has 0 aliphatic rings. The number of ether oxygens (including phenoxy) is 1. The Morgan fingerprint density at radius 1 is 1.36 bits per heavy atom. The van der Waals surface area contributed by atoms with Crippen LogP contribution in [0.2, 0.25) is 5.28 Å². The van der Waals surface area contributed by atoms with Crippen LogP contribution in [-0.2, 0) is 0 Å². The molecule has 0 aliphatic carbocycles. The molecule has 3 aromatic rings. The van der Waals surface area contributed by atoms with Gasteiger partial charge in [0, 0.05) is 17.1 Å². The van der Waals surface area contributed by atoms with Crippen molar-refractivity contribution in [2.45, 2.75) is 6.92 Å². The van der Waals surface area contributed by atoms with Crippen molar-refractivity contribution in [1.82, 2.24) is 15.0 Å². The number of nitrogens with one attached hydrogen (secondary N) is 1. The monoisotopic (exact) mass is 320 g/mol. The lowest BCUT2D eigenvalue weighted by atomic mass is 10.2. The molecule has 110 valence electrons. The lowest BCUT2D eigenvalue weighted by Gasteiger charge is -2.08. The molecular weight excluding hydrogens is 314 g/mol. The predicted octanol–water partition coefficient (Wildman–Crippen LogP) is 3.86. The molecule has 0 atom stereocenters. The van der Waals surface area contributed by atoms with Gasteiger partial charge in [-0.1, -0.05) is 0 Å². The Labute approximate surface area is 128 Å². The standard InChI is InChI=1S/C14H7ClF2N4O/c1-6-2-8-11(17)10(3-9(16)12(8)20-6)22-13-7(4-18)5-19-14(15)21-13/h2-3,5,20H,1H3. The summed E-state index contributed by atoms with van der Waals surface area (Å²) in [7, 11) is 0. The van der Waals surface area contributed by atoms with Gasteiger partial charge in [0.05, 0.1) is 11.7 Å². The first kappa shape index (κ1) is 14.2. The van der Waals surface area contributed by atoms with E-state index in [1.165, 1.54) is 6.07 Å². The van der Waals surface area contributed by atoms with Crippen LogP contribution in [0.5, 0.6) is 11.6 Å². The van der Waals surface area contributed by atoms with Crippen molar-refractivity contribution < 1.29 is 13.5 Å². The molecule has 0 bridgehead atoms. The molecule has 0 fully saturated rings. The first-order valence-electron chi connectivity index (χ1n) is 6.07. The van der Waals surface area contributed by atoms with Gasteiger partial charge in [-0.2, -0.15) is 10.2 Å². The second-order valence-electron chi connectivity index (χ2n) is 4.48. The van der Waals surface area contributed by atoms with E-state index in [1.807, 2.05) is 0 Å². The van der Waals surface area contributed by atoms with Crippen LogP contribution in [0.15, 0.2) is 18.3 Å². The number of H-pyrrole nitrogens is 1. The maximum atomic E-state index is 14.4. The van der Waals surface area contributed by atoms with Gasteiger partial charge in [0.1, 0.15) is 11.6 Å². The zero-order valence-corrected chi connectivity index (χ0v) is 11.9. The molecule has 3 rings (SSSR count). The second-order valence-corrected chi connectivity index (χ2v) is 4.82. The normalized spacial score (nSPS) is 10.7. The molecule has 0 radical (unpaired) electrons. The van der Waals surface area contributed by atoms with E-state index in [0.29, 0.717) is 5.69 Å². The van der Waals surface area contributed by atoms with Gasteiger partial charge in [0.25, 0.3) is 0 Å². The average Bonchev–Trinajstić information content (AvgIpc) is 2.87. The minimum Gasteiger partial charge on any atom is -0.434 e. The van der Waals surface area contributed by atoms with Crippen molar-refractivity contribution in [2.24, 2.45) is 0 Å². The van der Waals surface area contributed by atoms with Gasteiger partial charge in [0.2, 0.25) is 11.2 Å². The van der Waals surface area contributed by atoms with Crippen molar-refractivity contribution in [2.75, 3.05) is 0 Å². The molecule has 2 heterocycles. The van der Waals surface area contributed by atoms with Crippen LogP contribution >= 0.6 is 11.6 Å². The summed E-state index contributed by atoms with van der Waals surface area (Å²) in [5.41, 5.74) is 0.603. The van der Waals surface area contributed by atoms with Crippen LogP contribution in [0.3, 0.4) is 0 Å².